The molecule has 0 aliphatic heterocycles. The van der Waals surface area contributed by atoms with E-state index < -0.39 is 51.1 Å². The lowest BCUT2D eigenvalue weighted by Gasteiger charge is -2.20. The monoisotopic (exact) mass is 788 g/mol. The van der Waals surface area contributed by atoms with Crippen LogP contribution in [-0.2, 0) is 37.5 Å². The molecule has 11 nitrogen and oxygen atoms in total. The number of carboxylic acid groups (broad SMARTS) is 1. The predicted molar refractivity (Wildman–Crippen MR) is 217 cm³/mol. The fourth-order valence-electron chi connectivity index (χ4n) is 5.75. The highest BCUT2D eigenvalue weighted by molar-refractivity contribution is 7.47. The Morgan fingerprint density at radius 1 is 0.556 bits per heavy atom. The van der Waals surface area contributed by atoms with Crippen molar-refractivity contribution in [1.29, 1.82) is 0 Å². The molecule has 1 unspecified atom stereocenters. The van der Waals surface area contributed by atoms with Gasteiger partial charge in [-0.15, -0.1) is 0 Å². The van der Waals surface area contributed by atoms with Gasteiger partial charge in [-0.1, -0.05) is 147 Å². The standard InChI is InChI=1S/C42H78NO10P/c1-3-5-7-9-11-13-15-17-19-21-23-25-27-29-31-33-40(44)50-35-38(36-51-54(48,49)52-37-39(43)42(46)47)53-41(45)34-32-30-28-26-24-22-20-18-16-14-12-10-8-6-4-2/h10,12-13,15,38-39H,3-9,11,14,16-37,43H2,1-2H3,(H,46,47)(H,48,49)/b12-10+,15-13+/t38-,39+/m1/s1. The van der Waals surface area contributed by atoms with Crippen molar-refractivity contribution in [2.45, 2.75) is 206 Å². The molecule has 0 fully saturated rings. The minimum Gasteiger partial charge on any atom is -0.480 e. The fourth-order valence-corrected chi connectivity index (χ4v) is 6.52. The Kier molecular flexibility index (Phi) is 36.4. The summed E-state index contributed by atoms with van der Waals surface area (Å²) in [5.41, 5.74) is 5.33. The van der Waals surface area contributed by atoms with Crippen molar-refractivity contribution in [2.24, 2.45) is 5.73 Å². The van der Waals surface area contributed by atoms with Crippen LogP contribution >= 0.6 is 7.82 Å². The molecular weight excluding hydrogens is 709 g/mol. The Morgan fingerprint density at radius 2 is 0.944 bits per heavy atom. The molecule has 0 aromatic carbocycles. The summed E-state index contributed by atoms with van der Waals surface area (Å²) < 4.78 is 32.7. The smallest absolute Gasteiger partial charge is 0.472 e. The zero-order valence-electron chi connectivity index (χ0n) is 34.1. The minimum absolute atomic E-state index is 0.160. The van der Waals surface area contributed by atoms with Crippen molar-refractivity contribution >= 4 is 25.7 Å². The van der Waals surface area contributed by atoms with Gasteiger partial charge in [0.1, 0.15) is 12.6 Å². The first kappa shape index (κ1) is 52.0. The summed E-state index contributed by atoms with van der Waals surface area (Å²) in [7, 11) is -4.71. The van der Waals surface area contributed by atoms with E-state index in [4.69, 9.17) is 24.8 Å². The molecule has 0 aliphatic rings. The van der Waals surface area contributed by atoms with Crippen LogP contribution in [0.5, 0.6) is 0 Å². The summed E-state index contributed by atoms with van der Waals surface area (Å²) in [6, 6.07) is -1.52. The molecule has 54 heavy (non-hydrogen) atoms. The molecule has 0 aliphatic carbocycles. The number of carbonyl (C=O) groups excluding carboxylic acids is 2. The van der Waals surface area contributed by atoms with Crippen LogP contribution in [0, 0.1) is 0 Å². The third-order valence-electron chi connectivity index (χ3n) is 9.17. The topological polar surface area (TPSA) is 172 Å². The number of phosphoric ester groups is 1. The molecule has 0 bridgehead atoms. The number of nitrogens with two attached hydrogens (primary N) is 1. The molecule has 12 heteroatoms. The van der Waals surface area contributed by atoms with Crippen molar-refractivity contribution in [3.63, 3.8) is 0 Å². The molecule has 0 saturated heterocycles. The molecule has 0 aromatic heterocycles. The maximum Gasteiger partial charge on any atom is 0.472 e. The van der Waals surface area contributed by atoms with Gasteiger partial charge in [0.15, 0.2) is 6.10 Å². The van der Waals surface area contributed by atoms with Crippen LogP contribution in [0.4, 0.5) is 0 Å². The molecule has 0 heterocycles. The molecule has 0 rings (SSSR count). The Morgan fingerprint density at radius 3 is 1.41 bits per heavy atom. The second-order valence-corrected chi connectivity index (χ2v) is 15.9. The third kappa shape index (κ3) is 36.9. The summed E-state index contributed by atoms with van der Waals surface area (Å²) in [5, 5.41) is 8.88. The second kappa shape index (κ2) is 37.9. The van der Waals surface area contributed by atoms with E-state index in [0.717, 1.165) is 44.9 Å². The average molecular weight is 788 g/mol. The number of esters is 2. The van der Waals surface area contributed by atoms with Gasteiger partial charge in [0.25, 0.3) is 0 Å². The Labute approximate surface area is 328 Å². The van der Waals surface area contributed by atoms with Crippen LogP contribution < -0.4 is 5.73 Å². The number of carboxylic acids is 1. The normalized spacial score (nSPS) is 14.0. The number of phosphoric acid groups is 1. The molecular formula is C42H78NO10P. The number of carbonyl (C=O) groups is 3. The van der Waals surface area contributed by atoms with E-state index in [0.29, 0.717) is 12.8 Å². The molecule has 316 valence electrons. The number of rotatable bonds is 40. The lowest BCUT2D eigenvalue weighted by atomic mass is 10.1. The zero-order chi connectivity index (χ0) is 40.0. The number of ether oxygens (including phenoxy) is 2. The highest BCUT2D eigenvalue weighted by Gasteiger charge is 2.28. The lowest BCUT2D eigenvalue weighted by Crippen LogP contribution is -2.34. The molecule has 3 atom stereocenters. The quantitative estimate of drug-likeness (QED) is 0.0233. The van der Waals surface area contributed by atoms with Crippen LogP contribution in [0.2, 0.25) is 0 Å². The number of hydrogen-bond acceptors (Lipinski definition) is 9. The van der Waals surface area contributed by atoms with Gasteiger partial charge in [-0.3, -0.25) is 23.4 Å². The van der Waals surface area contributed by atoms with Gasteiger partial charge >= 0.3 is 25.7 Å². The lowest BCUT2D eigenvalue weighted by molar-refractivity contribution is -0.161. The van der Waals surface area contributed by atoms with Crippen LogP contribution in [0.25, 0.3) is 0 Å². The first-order chi connectivity index (χ1) is 26.1. The average Bonchev–Trinajstić information content (AvgIpc) is 3.14. The van der Waals surface area contributed by atoms with Gasteiger partial charge in [-0.25, -0.2) is 4.57 Å². The van der Waals surface area contributed by atoms with Crippen molar-refractivity contribution in [3.8, 4) is 0 Å². The molecule has 0 aromatic rings. The van der Waals surface area contributed by atoms with Gasteiger partial charge in [0.2, 0.25) is 0 Å². The van der Waals surface area contributed by atoms with Crippen LogP contribution in [0.3, 0.4) is 0 Å². The Bertz CT molecular complexity index is 1020. The molecule has 0 radical (unpaired) electrons. The van der Waals surface area contributed by atoms with E-state index in [1.807, 2.05) is 0 Å². The van der Waals surface area contributed by atoms with E-state index in [-0.39, 0.29) is 19.4 Å². The Balaban J connectivity index is 4.37. The second-order valence-electron chi connectivity index (χ2n) is 14.5. The summed E-state index contributed by atoms with van der Waals surface area (Å²) >= 11 is 0. The van der Waals surface area contributed by atoms with Crippen molar-refractivity contribution < 1.29 is 47.5 Å². The first-order valence-electron chi connectivity index (χ1n) is 21.4. The number of aliphatic carboxylic acids is 1. The van der Waals surface area contributed by atoms with Gasteiger partial charge in [0, 0.05) is 12.8 Å². The first-order valence-corrected chi connectivity index (χ1v) is 22.9. The van der Waals surface area contributed by atoms with Crippen LogP contribution in [-0.4, -0.2) is 59.9 Å². The summed E-state index contributed by atoms with van der Waals surface area (Å²) in [4.78, 5) is 45.9. The van der Waals surface area contributed by atoms with E-state index in [1.54, 1.807) is 0 Å². The highest BCUT2D eigenvalue weighted by atomic mass is 31.2. The molecule has 0 saturated carbocycles. The SMILES string of the molecule is CCCC/C=C/CCCCCCCCCCCC(=O)O[C@H](COC(=O)CCCCCCCCC/C=C/CCCCCC)COP(=O)(O)OC[C@H](N)C(=O)O. The number of hydrogen-bond donors (Lipinski definition) is 3. The van der Waals surface area contributed by atoms with Crippen LogP contribution in [0.15, 0.2) is 24.3 Å². The highest BCUT2D eigenvalue weighted by Crippen LogP contribution is 2.43. The van der Waals surface area contributed by atoms with E-state index in [9.17, 15) is 23.8 Å². The van der Waals surface area contributed by atoms with Crippen molar-refractivity contribution in [1.82, 2.24) is 0 Å². The van der Waals surface area contributed by atoms with E-state index in [1.165, 1.54) is 109 Å². The molecule has 0 spiro atoms. The number of allylic oxidation sites excluding steroid dienone is 4. The van der Waals surface area contributed by atoms with Crippen LogP contribution in [0.1, 0.15) is 194 Å². The third-order valence-corrected chi connectivity index (χ3v) is 10.1. The predicted octanol–water partition coefficient (Wildman–Crippen LogP) is 11.1. The number of unbranched alkanes of at least 4 members (excludes halogenated alkanes) is 22. The zero-order valence-corrected chi connectivity index (χ0v) is 35.0. The fraction of sp³-hybridized carbons (Fsp3) is 0.833. The van der Waals surface area contributed by atoms with Gasteiger partial charge in [0.05, 0.1) is 13.2 Å². The van der Waals surface area contributed by atoms with Crippen molar-refractivity contribution in [3.05, 3.63) is 24.3 Å². The van der Waals surface area contributed by atoms with E-state index in [2.05, 4.69) is 42.7 Å². The molecule has 0 amide bonds. The minimum atomic E-state index is -4.71. The van der Waals surface area contributed by atoms with Gasteiger partial charge < -0.3 is 25.2 Å². The Hall–Kier alpha value is -2.04. The van der Waals surface area contributed by atoms with Gasteiger partial charge in [-0.05, 0) is 57.8 Å². The maximum atomic E-state index is 12.6. The van der Waals surface area contributed by atoms with Crippen molar-refractivity contribution in [2.75, 3.05) is 19.8 Å². The summed E-state index contributed by atoms with van der Waals surface area (Å²) in [5.74, 6) is -2.38. The summed E-state index contributed by atoms with van der Waals surface area (Å²) in [6.45, 7) is 2.76. The molecule has 4 N–H and O–H groups in total. The summed E-state index contributed by atoms with van der Waals surface area (Å²) in [6.07, 6.45) is 38.1. The van der Waals surface area contributed by atoms with Gasteiger partial charge in [-0.2, -0.15) is 0 Å². The van der Waals surface area contributed by atoms with E-state index >= 15 is 0 Å². The largest absolute Gasteiger partial charge is 0.480 e. The maximum absolute atomic E-state index is 12.6.